The van der Waals surface area contributed by atoms with Crippen molar-refractivity contribution in [3.63, 3.8) is 0 Å². The fourth-order valence-electron chi connectivity index (χ4n) is 2.59. The van der Waals surface area contributed by atoms with Gasteiger partial charge in [-0.05, 0) is 49.5 Å². The molecule has 1 saturated heterocycles. The van der Waals surface area contributed by atoms with Gasteiger partial charge in [-0.25, -0.2) is 0 Å². The van der Waals surface area contributed by atoms with Gasteiger partial charge in [0.2, 0.25) is 5.91 Å². The number of piperidine rings is 1. The minimum Gasteiger partial charge on any atom is -0.399 e. The highest BCUT2D eigenvalue weighted by molar-refractivity contribution is 5.85. The highest BCUT2D eigenvalue weighted by Gasteiger charge is 2.19. The fourth-order valence-corrected chi connectivity index (χ4v) is 2.59. The van der Waals surface area contributed by atoms with Crippen molar-refractivity contribution in [2.75, 3.05) is 25.4 Å². The van der Waals surface area contributed by atoms with Gasteiger partial charge in [0.1, 0.15) is 0 Å². The lowest BCUT2D eigenvalue weighted by Crippen LogP contribution is -2.37. The van der Waals surface area contributed by atoms with Crippen LogP contribution in [0.1, 0.15) is 25.3 Å². The largest absolute Gasteiger partial charge is 0.399 e. The van der Waals surface area contributed by atoms with Crippen molar-refractivity contribution in [1.29, 1.82) is 0 Å². The maximum atomic E-state index is 10.9. The zero-order valence-electron chi connectivity index (χ0n) is 12.0. The molecule has 3 N–H and O–H groups in total. The van der Waals surface area contributed by atoms with E-state index in [1.807, 2.05) is 18.2 Å². The van der Waals surface area contributed by atoms with Gasteiger partial charge < -0.3 is 11.1 Å². The van der Waals surface area contributed by atoms with Crippen LogP contribution >= 0.6 is 12.4 Å². The Hall–Kier alpha value is -1.26. The molecule has 1 fully saturated rings. The number of nitrogens with zero attached hydrogens (tertiary/aromatic N) is 1. The molecule has 2 rings (SSSR count). The monoisotopic (exact) mass is 297 g/mol. The summed E-state index contributed by atoms with van der Waals surface area (Å²) in [5, 5.41) is 2.91. The maximum absolute atomic E-state index is 10.9. The number of nitrogen functional groups attached to an aromatic ring is 1. The van der Waals surface area contributed by atoms with Crippen molar-refractivity contribution < 1.29 is 4.79 Å². The van der Waals surface area contributed by atoms with Crippen LogP contribution in [0.15, 0.2) is 24.3 Å². The predicted molar refractivity (Wildman–Crippen MR) is 84.8 cm³/mol. The van der Waals surface area contributed by atoms with E-state index in [9.17, 15) is 4.79 Å². The molecule has 0 radical (unpaired) electrons. The molecular weight excluding hydrogens is 274 g/mol. The number of hydrogen-bond donors (Lipinski definition) is 2. The number of amides is 1. The minimum absolute atomic E-state index is 0. The number of rotatable bonds is 4. The van der Waals surface area contributed by atoms with E-state index in [2.05, 4.69) is 16.3 Å². The van der Waals surface area contributed by atoms with Crippen LogP contribution in [-0.4, -0.2) is 30.4 Å². The van der Waals surface area contributed by atoms with E-state index in [0.29, 0.717) is 5.92 Å². The van der Waals surface area contributed by atoms with Crippen LogP contribution in [0.4, 0.5) is 5.69 Å². The zero-order valence-corrected chi connectivity index (χ0v) is 12.8. The van der Waals surface area contributed by atoms with Gasteiger partial charge in [-0.1, -0.05) is 12.1 Å². The summed E-state index contributed by atoms with van der Waals surface area (Å²) in [7, 11) is 0. The van der Waals surface area contributed by atoms with Gasteiger partial charge in [-0.3, -0.25) is 9.69 Å². The third kappa shape index (κ3) is 5.39. The average molecular weight is 298 g/mol. The number of carbonyl (C=O) groups excluding carboxylic acids is 1. The number of nitrogens with two attached hydrogens (primary N) is 1. The number of anilines is 1. The topological polar surface area (TPSA) is 58.4 Å². The summed E-state index contributed by atoms with van der Waals surface area (Å²) in [6.45, 7) is 5.56. The van der Waals surface area contributed by atoms with Crippen molar-refractivity contribution in [3.05, 3.63) is 29.8 Å². The quantitative estimate of drug-likeness (QED) is 0.836. The van der Waals surface area contributed by atoms with Gasteiger partial charge in [-0.2, -0.15) is 0 Å². The number of nitrogens with one attached hydrogen (secondary N) is 1. The van der Waals surface area contributed by atoms with Crippen LogP contribution in [0, 0.1) is 5.92 Å². The molecule has 0 bridgehead atoms. The Bertz CT molecular complexity index is 431. The zero-order chi connectivity index (χ0) is 13.7. The lowest BCUT2D eigenvalue weighted by molar-refractivity contribution is -0.119. The van der Waals surface area contributed by atoms with Crippen LogP contribution in [0.2, 0.25) is 0 Å². The highest BCUT2D eigenvalue weighted by atomic mass is 35.5. The summed E-state index contributed by atoms with van der Waals surface area (Å²) in [5.74, 6) is 0.697. The lowest BCUT2D eigenvalue weighted by atomic mass is 9.96. The Morgan fingerprint density at radius 1 is 1.40 bits per heavy atom. The van der Waals surface area contributed by atoms with Crippen LogP contribution in [0.3, 0.4) is 0 Å². The molecule has 1 aromatic carbocycles. The number of hydrogen-bond acceptors (Lipinski definition) is 3. The molecule has 0 unspecified atom stereocenters. The fraction of sp³-hybridized carbons (Fsp3) is 0.533. The van der Waals surface area contributed by atoms with Gasteiger partial charge in [-0.15, -0.1) is 12.4 Å². The first kappa shape index (κ1) is 16.8. The molecule has 112 valence electrons. The molecule has 0 aliphatic carbocycles. The van der Waals surface area contributed by atoms with E-state index in [-0.39, 0.29) is 18.3 Å². The molecule has 20 heavy (non-hydrogen) atoms. The summed E-state index contributed by atoms with van der Waals surface area (Å²) in [5.41, 5.74) is 7.90. The molecule has 1 aliphatic rings. The molecule has 0 spiro atoms. The normalized spacial score (nSPS) is 16.4. The number of benzene rings is 1. The Morgan fingerprint density at radius 3 is 2.70 bits per heavy atom. The first-order chi connectivity index (χ1) is 9.13. The van der Waals surface area contributed by atoms with Gasteiger partial charge >= 0.3 is 0 Å². The Balaban J connectivity index is 0.00000200. The van der Waals surface area contributed by atoms with Crippen LogP contribution in [0.5, 0.6) is 0 Å². The van der Waals surface area contributed by atoms with E-state index in [0.717, 1.165) is 44.7 Å². The van der Waals surface area contributed by atoms with E-state index in [4.69, 9.17) is 5.73 Å². The molecule has 0 aromatic heterocycles. The minimum atomic E-state index is 0. The molecular formula is C15H24ClN3O. The van der Waals surface area contributed by atoms with Crippen molar-refractivity contribution in [2.24, 2.45) is 5.92 Å². The second-order valence-corrected chi connectivity index (χ2v) is 5.40. The van der Waals surface area contributed by atoms with Gasteiger partial charge in [0.15, 0.2) is 0 Å². The Morgan fingerprint density at radius 2 is 2.10 bits per heavy atom. The van der Waals surface area contributed by atoms with E-state index in [1.54, 1.807) is 6.92 Å². The summed E-state index contributed by atoms with van der Waals surface area (Å²) in [6.07, 6.45) is 2.31. The first-order valence-electron chi connectivity index (χ1n) is 6.94. The third-order valence-electron chi connectivity index (χ3n) is 3.70. The summed E-state index contributed by atoms with van der Waals surface area (Å²) >= 11 is 0. The van der Waals surface area contributed by atoms with Crippen LogP contribution < -0.4 is 11.1 Å². The predicted octanol–water partition coefficient (Wildman–Crippen LogP) is 2.04. The van der Waals surface area contributed by atoms with Gasteiger partial charge in [0, 0.05) is 25.7 Å². The van der Waals surface area contributed by atoms with E-state index < -0.39 is 0 Å². The molecule has 1 amide bonds. The van der Waals surface area contributed by atoms with E-state index >= 15 is 0 Å². The second-order valence-electron chi connectivity index (χ2n) is 5.40. The lowest BCUT2D eigenvalue weighted by Gasteiger charge is -2.32. The Labute approximate surface area is 127 Å². The van der Waals surface area contributed by atoms with Crippen molar-refractivity contribution in [3.8, 4) is 0 Å². The number of likely N-dealkylation sites (tertiary alicyclic amines) is 1. The van der Waals surface area contributed by atoms with Gasteiger partial charge in [0.25, 0.3) is 0 Å². The van der Waals surface area contributed by atoms with Crippen molar-refractivity contribution >= 4 is 24.0 Å². The molecule has 0 saturated carbocycles. The highest BCUT2D eigenvalue weighted by Crippen LogP contribution is 2.19. The summed E-state index contributed by atoms with van der Waals surface area (Å²) in [6, 6.07) is 8.10. The number of halogens is 1. The molecule has 4 nitrogen and oxygen atoms in total. The molecule has 1 aliphatic heterocycles. The number of carbonyl (C=O) groups is 1. The van der Waals surface area contributed by atoms with Crippen LogP contribution in [-0.2, 0) is 11.3 Å². The second kappa shape index (κ2) is 8.12. The standard InChI is InChI=1S/C15H23N3O.ClH/c1-12(19)17-10-13-5-7-18(8-6-13)11-14-3-2-4-15(16)9-14;/h2-4,9,13H,5-8,10-11,16H2,1H3,(H,17,19);1H. The molecule has 5 heteroatoms. The molecule has 1 aromatic rings. The third-order valence-corrected chi connectivity index (χ3v) is 3.70. The SMILES string of the molecule is CC(=O)NCC1CCN(Cc2cccc(N)c2)CC1.Cl. The van der Waals surface area contributed by atoms with Crippen molar-refractivity contribution in [1.82, 2.24) is 10.2 Å². The molecule has 1 heterocycles. The van der Waals surface area contributed by atoms with Crippen LogP contribution in [0.25, 0.3) is 0 Å². The average Bonchev–Trinajstić information content (AvgIpc) is 2.38. The maximum Gasteiger partial charge on any atom is 0.216 e. The van der Waals surface area contributed by atoms with E-state index in [1.165, 1.54) is 5.56 Å². The summed E-state index contributed by atoms with van der Waals surface area (Å²) < 4.78 is 0. The molecule has 0 atom stereocenters. The summed E-state index contributed by atoms with van der Waals surface area (Å²) in [4.78, 5) is 13.3. The van der Waals surface area contributed by atoms with Gasteiger partial charge in [0.05, 0.1) is 0 Å². The van der Waals surface area contributed by atoms with Crippen molar-refractivity contribution in [2.45, 2.75) is 26.3 Å². The first-order valence-corrected chi connectivity index (χ1v) is 6.94. The Kier molecular flexibility index (Phi) is 6.82. The smallest absolute Gasteiger partial charge is 0.216 e.